The van der Waals surface area contributed by atoms with Gasteiger partial charge in [-0.3, -0.25) is 4.79 Å². The average molecular weight is 227 g/mol. The molecule has 0 bridgehead atoms. The van der Waals surface area contributed by atoms with Gasteiger partial charge < -0.3 is 10.4 Å². The molecule has 0 aromatic carbocycles. The van der Waals surface area contributed by atoms with Gasteiger partial charge in [-0.05, 0) is 24.7 Å². The normalized spacial score (nSPS) is 19.2. The van der Waals surface area contributed by atoms with Gasteiger partial charge in [0, 0.05) is 6.42 Å². The molecule has 1 unspecified atom stereocenters. The first kappa shape index (κ1) is 13.0. The Bertz CT molecular complexity index is 282. The molecule has 4 heteroatoms. The molecule has 0 aromatic heterocycles. The SMILES string of the molecule is CCC(CC(=O)NC1(C(=O)O)CC1)C(C)C. The van der Waals surface area contributed by atoms with Gasteiger partial charge in [0.15, 0.2) is 0 Å². The Hall–Kier alpha value is -1.06. The maximum atomic E-state index is 11.7. The highest BCUT2D eigenvalue weighted by molar-refractivity contribution is 5.89. The van der Waals surface area contributed by atoms with E-state index in [1.807, 2.05) is 0 Å². The largest absolute Gasteiger partial charge is 0.480 e. The van der Waals surface area contributed by atoms with Crippen molar-refractivity contribution in [2.45, 2.75) is 52.0 Å². The van der Waals surface area contributed by atoms with Gasteiger partial charge in [-0.2, -0.15) is 0 Å². The maximum Gasteiger partial charge on any atom is 0.329 e. The molecule has 4 nitrogen and oxygen atoms in total. The fourth-order valence-corrected chi connectivity index (χ4v) is 1.92. The minimum atomic E-state index is -0.938. The van der Waals surface area contributed by atoms with Crippen LogP contribution in [0.25, 0.3) is 0 Å². The molecule has 1 aliphatic rings. The zero-order valence-electron chi connectivity index (χ0n) is 10.2. The van der Waals surface area contributed by atoms with E-state index in [0.717, 1.165) is 6.42 Å². The Balaban J connectivity index is 2.44. The van der Waals surface area contributed by atoms with Crippen LogP contribution in [-0.4, -0.2) is 22.5 Å². The van der Waals surface area contributed by atoms with E-state index in [1.165, 1.54) is 0 Å². The Morgan fingerprint density at radius 1 is 1.38 bits per heavy atom. The number of carboxylic acids is 1. The first-order chi connectivity index (χ1) is 7.41. The highest BCUT2D eigenvalue weighted by Gasteiger charge is 2.51. The highest BCUT2D eigenvalue weighted by Crippen LogP contribution is 2.35. The summed E-state index contributed by atoms with van der Waals surface area (Å²) in [6.45, 7) is 6.24. The number of hydrogen-bond acceptors (Lipinski definition) is 2. The summed E-state index contributed by atoms with van der Waals surface area (Å²) < 4.78 is 0. The minimum absolute atomic E-state index is 0.125. The number of nitrogens with one attached hydrogen (secondary N) is 1. The van der Waals surface area contributed by atoms with Crippen molar-refractivity contribution >= 4 is 11.9 Å². The summed E-state index contributed by atoms with van der Waals surface area (Å²) in [7, 11) is 0. The van der Waals surface area contributed by atoms with Gasteiger partial charge >= 0.3 is 5.97 Å². The molecule has 0 saturated heterocycles. The van der Waals surface area contributed by atoms with Crippen molar-refractivity contribution in [2.75, 3.05) is 0 Å². The molecule has 92 valence electrons. The van der Waals surface area contributed by atoms with Crippen LogP contribution in [0, 0.1) is 11.8 Å². The van der Waals surface area contributed by atoms with Crippen molar-refractivity contribution < 1.29 is 14.7 Å². The lowest BCUT2D eigenvalue weighted by Crippen LogP contribution is -2.43. The smallest absolute Gasteiger partial charge is 0.329 e. The third kappa shape index (κ3) is 2.97. The molecule has 0 radical (unpaired) electrons. The molecule has 1 fully saturated rings. The molecule has 1 aliphatic carbocycles. The quantitative estimate of drug-likeness (QED) is 0.727. The Labute approximate surface area is 96.4 Å². The topological polar surface area (TPSA) is 66.4 Å². The molecule has 0 spiro atoms. The summed E-state index contributed by atoms with van der Waals surface area (Å²) in [5.74, 6) is -0.237. The van der Waals surface area contributed by atoms with Gasteiger partial charge in [0.25, 0.3) is 0 Å². The Kier molecular flexibility index (Phi) is 3.94. The molecular weight excluding hydrogens is 206 g/mol. The number of rotatable bonds is 6. The van der Waals surface area contributed by atoms with Gasteiger partial charge in [0.05, 0.1) is 0 Å². The third-order valence-electron chi connectivity index (χ3n) is 3.45. The molecule has 2 N–H and O–H groups in total. The summed E-state index contributed by atoms with van der Waals surface area (Å²) in [4.78, 5) is 22.6. The number of aliphatic carboxylic acids is 1. The standard InChI is InChI=1S/C12H21NO3/c1-4-9(8(2)3)7-10(14)13-12(5-6-12)11(15)16/h8-9H,4-7H2,1-3H3,(H,13,14)(H,15,16). The monoisotopic (exact) mass is 227 g/mol. The van der Waals surface area contributed by atoms with Crippen molar-refractivity contribution in [2.24, 2.45) is 11.8 Å². The predicted octanol–water partition coefficient (Wildman–Crippen LogP) is 1.79. The van der Waals surface area contributed by atoms with E-state index in [0.29, 0.717) is 31.1 Å². The maximum absolute atomic E-state index is 11.7. The van der Waals surface area contributed by atoms with Crippen LogP contribution < -0.4 is 5.32 Å². The van der Waals surface area contributed by atoms with Crippen LogP contribution in [0.5, 0.6) is 0 Å². The van der Waals surface area contributed by atoms with E-state index >= 15 is 0 Å². The van der Waals surface area contributed by atoms with Crippen molar-refractivity contribution in [3.63, 3.8) is 0 Å². The minimum Gasteiger partial charge on any atom is -0.480 e. The van der Waals surface area contributed by atoms with Gasteiger partial charge in [-0.15, -0.1) is 0 Å². The fraction of sp³-hybridized carbons (Fsp3) is 0.833. The zero-order valence-corrected chi connectivity index (χ0v) is 10.2. The second kappa shape index (κ2) is 4.85. The van der Waals surface area contributed by atoms with E-state index in [1.54, 1.807) is 0 Å². The average Bonchev–Trinajstić information content (AvgIpc) is 2.94. The molecule has 0 aromatic rings. The molecule has 0 aliphatic heterocycles. The predicted molar refractivity (Wildman–Crippen MR) is 61.0 cm³/mol. The van der Waals surface area contributed by atoms with Crippen LogP contribution in [0.2, 0.25) is 0 Å². The van der Waals surface area contributed by atoms with Gasteiger partial charge in [0.1, 0.15) is 5.54 Å². The Morgan fingerprint density at radius 2 is 1.94 bits per heavy atom. The number of carbonyl (C=O) groups is 2. The first-order valence-corrected chi connectivity index (χ1v) is 5.95. The van der Waals surface area contributed by atoms with Crippen molar-refractivity contribution in [3.05, 3.63) is 0 Å². The van der Waals surface area contributed by atoms with Crippen molar-refractivity contribution in [3.8, 4) is 0 Å². The molecule has 0 heterocycles. The molecule has 1 atom stereocenters. The molecule has 1 amide bonds. The number of carboxylic acid groups (broad SMARTS) is 1. The van der Waals surface area contributed by atoms with Crippen LogP contribution >= 0.6 is 0 Å². The summed E-state index contributed by atoms with van der Waals surface area (Å²) >= 11 is 0. The fourth-order valence-electron chi connectivity index (χ4n) is 1.92. The van der Waals surface area contributed by atoms with E-state index in [-0.39, 0.29) is 5.91 Å². The van der Waals surface area contributed by atoms with Crippen LogP contribution in [0.15, 0.2) is 0 Å². The van der Waals surface area contributed by atoms with Crippen LogP contribution in [0.3, 0.4) is 0 Å². The number of hydrogen-bond donors (Lipinski definition) is 2. The lowest BCUT2D eigenvalue weighted by atomic mass is 9.90. The number of amides is 1. The molecule has 1 saturated carbocycles. The molecule has 1 rings (SSSR count). The molecular formula is C12H21NO3. The van der Waals surface area contributed by atoms with Gasteiger partial charge in [-0.25, -0.2) is 4.79 Å². The van der Waals surface area contributed by atoms with E-state index in [4.69, 9.17) is 5.11 Å². The van der Waals surface area contributed by atoms with E-state index in [9.17, 15) is 9.59 Å². The van der Waals surface area contributed by atoms with Gasteiger partial charge in [0.2, 0.25) is 5.91 Å². The summed E-state index contributed by atoms with van der Waals surface area (Å²) in [5.41, 5.74) is -0.938. The lowest BCUT2D eigenvalue weighted by molar-refractivity contribution is -0.143. The van der Waals surface area contributed by atoms with E-state index < -0.39 is 11.5 Å². The van der Waals surface area contributed by atoms with Crippen LogP contribution in [0.4, 0.5) is 0 Å². The first-order valence-electron chi connectivity index (χ1n) is 5.95. The summed E-state index contributed by atoms with van der Waals surface area (Å²) in [6, 6.07) is 0. The second-order valence-electron chi connectivity index (χ2n) is 5.05. The van der Waals surface area contributed by atoms with Gasteiger partial charge in [-0.1, -0.05) is 27.2 Å². The van der Waals surface area contributed by atoms with Crippen LogP contribution in [0.1, 0.15) is 46.5 Å². The zero-order chi connectivity index (χ0) is 12.3. The van der Waals surface area contributed by atoms with Crippen LogP contribution in [-0.2, 0) is 9.59 Å². The second-order valence-corrected chi connectivity index (χ2v) is 5.05. The highest BCUT2D eigenvalue weighted by atomic mass is 16.4. The van der Waals surface area contributed by atoms with E-state index in [2.05, 4.69) is 26.1 Å². The Morgan fingerprint density at radius 3 is 2.25 bits per heavy atom. The summed E-state index contributed by atoms with van der Waals surface area (Å²) in [5, 5.41) is 11.6. The van der Waals surface area contributed by atoms with Crippen molar-refractivity contribution in [1.82, 2.24) is 5.32 Å². The molecule has 16 heavy (non-hydrogen) atoms. The number of carbonyl (C=O) groups excluding carboxylic acids is 1. The summed E-state index contributed by atoms with van der Waals surface area (Å²) in [6.07, 6.45) is 2.51. The lowest BCUT2D eigenvalue weighted by Gasteiger charge is -2.20. The van der Waals surface area contributed by atoms with Crippen molar-refractivity contribution in [1.29, 1.82) is 0 Å². The third-order valence-corrected chi connectivity index (χ3v) is 3.45.